The van der Waals surface area contributed by atoms with E-state index in [1.165, 1.54) is 10.9 Å². The van der Waals surface area contributed by atoms with Crippen LogP contribution in [-0.2, 0) is 6.54 Å². The fraction of sp³-hybridized carbons (Fsp3) is 0.0769. The van der Waals surface area contributed by atoms with Crippen molar-refractivity contribution in [2.24, 2.45) is 0 Å². The van der Waals surface area contributed by atoms with Crippen LogP contribution in [0.3, 0.4) is 0 Å². The molecule has 2 aromatic heterocycles. The van der Waals surface area contributed by atoms with Crippen molar-refractivity contribution in [3.63, 3.8) is 0 Å². The summed E-state index contributed by atoms with van der Waals surface area (Å²) in [5, 5.41) is 5.48. The summed E-state index contributed by atoms with van der Waals surface area (Å²) in [6, 6.07) is 10.3. The molecule has 0 aliphatic heterocycles. The lowest BCUT2D eigenvalue weighted by Gasteiger charge is -2.05. The van der Waals surface area contributed by atoms with Crippen molar-refractivity contribution in [2.75, 3.05) is 5.73 Å². The summed E-state index contributed by atoms with van der Waals surface area (Å²) < 4.78 is 2.20. The molecule has 80 valence electrons. The summed E-state index contributed by atoms with van der Waals surface area (Å²) in [6.45, 7) is 0.890. The lowest BCUT2D eigenvalue weighted by molar-refractivity contribution is 0.841. The highest BCUT2D eigenvalue weighted by molar-refractivity contribution is 7.07. The lowest BCUT2D eigenvalue weighted by atomic mass is 10.2. The summed E-state index contributed by atoms with van der Waals surface area (Å²) in [4.78, 5) is 0. The largest absolute Gasteiger partial charge is 0.397 e. The Morgan fingerprint density at radius 1 is 1.19 bits per heavy atom. The van der Waals surface area contributed by atoms with Crippen molar-refractivity contribution >= 4 is 27.9 Å². The second-order valence-electron chi connectivity index (χ2n) is 3.86. The van der Waals surface area contributed by atoms with Gasteiger partial charge in [0.05, 0.1) is 11.2 Å². The Balaban J connectivity index is 2.10. The van der Waals surface area contributed by atoms with E-state index in [9.17, 15) is 0 Å². The van der Waals surface area contributed by atoms with E-state index in [0.717, 1.165) is 17.7 Å². The molecular weight excluding hydrogens is 216 g/mol. The number of aromatic nitrogens is 1. The minimum atomic E-state index is 0.845. The van der Waals surface area contributed by atoms with Crippen LogP contribution in [0.25, 0.3) is 10.9 Å². The molecule has 0 fully saturated rings. The van der Waals surface area contributed by atoms with E-state index in [-0.39, 0.29) is 0 Å². The Hall–Kier alpha value is -1.74. The van der Waals surface area contributed by atoms with Crippen LogP contribution in [0.2, 0.25) is 0 Å². The summed E-state index contributed by atoms with van der Waals surface area (Å²) in [7, 11) is 0. The van der Waals surface area contributed by atoms with Crippen molar-refractivity contribution < 1.29 is 0 Å². The Bertz CT molecular complexity index is 608. The normalized spacial score (nSPS) is 11.0. The van der Waals surface area contributed by atoms with E-state index in [4.69, 9.17) is 5.73 Å². The van der Waals surface area contributed by atoms with E-state index in [1.807, 2.05) is 12.1 Å². The highest BCUT2D eigenvalue weighted by atomic mass is 32.1. The molecule has 0 atom stereocenters. The highest BCUT2D eigenvalue weighted by Crippen LogP contribution is 2.23. The van der Waals surface area contributed by atoms with E-state index in [2.05, 4.69) is 39.7 Å². The van der Waals surface area contributed by atoms with Gasteiger partial charge in [0.25, 0.3) is 0 Å². The van der Waals surface area contributed by atoms with Crippen LogP contribution in [0.1, 0.15) is 5.56 Å². The standard InChI is InChI=1S/C13H12N2S/c14-12-3-1-2-11-4-6-15(13(11)12)8-10-5-7-16-9-10/h1-7,9H,8,14H2. The number of thiophene rings is 1. The Morgan fingerprint density at radius 2 is 2.12 bits per heavy atom. The van der Waals surface area contributed by atoms with Gasteiger partial charge in [-0.05, 0) is 34.5 Å². The molecule has 0 unspecified atom stereocenters. The number of nitrogens with two attached hydrogens (primary N) is 1. The number of rotatable bonds is 2. The van der Waals surface area contributed by atoms with Gasteiger partial charge in [0.15, 0.2) is 0 Å². The molecule has 0 saturated heterocycles. The molecule has 3 aromatic rings. The van der Waals surface area contributed by atoms with Crippen LogP contribution in [-0.4, -0.2) is 4.57 Å². The average Bonchev–Trinajstić information content (AvgIpc) is 2.90. The summed E-state index contributed by atoms with van der Waals surface area (Å²) >= 11 is 1.73. The van der Waals surface area contributed by atoms with Gasteiger partial charge in [0, 0.05) is 18.1 Å². The third-order valence-corrected chi connectivity index (χ3v) is 3.48. The fourth-order valence-electron chi connectivity index (χ4n) is 2.00. The van der Waals surface area contributed by atoms with Crippen LogP contribution in [0.5, 0.6) is 0 Å². The zero-order chi connectivity index (χ0) is 11.0. The summed E-state index contributed by atoms with van der Waals surface area (Å²) in [6.07, 6.45) is 2.10. The average molecular weight is 228 g/mol. The molecule has 3 rings (SSSR count). The lowest BCUT2D eigenvalue weighted by Crippen LogP contribution is -1.98. The number of anilines is 1. The van der Waals surface area contributed by atoms with Crippen molar-refractivity contribution in [2.45, 2.75) is 6.54 Å². The van der Waals surface area contributed by atoms with E-state index >= 15 is 0 Å². The summed E-state index contributed by atoms with van der Waals surface area (Å²) in [5.74, 6) is 0. The minimum absolute atomic E-state index is 0.845. The molecular formula is C13H12N2S. The second kappa shape index (κ2) is 3.68. The number of nitrogen functional groups attached to an aromatic ring is 1. The van der Waals surface area contributed by atoms with Crippen molar-refractivity contribution in [1.29, 1.82) is 0 Å². The number of para-hydroxylation sites is 1. The van der Waals surface area contributed by atoms with Crippen LogP contribution in [0.15, 0.2) is 47.3 Å². The monoisotopic (exact) mass is 228 g/mol. The molecule has 0 bridgehead atoms. The topological polar surface area (TPSA) is 30.9 Å². The third-order valence-electron chi connectivity index (χ3n) is 2.75. The smallest absolute Gasteiger partial charge is 0.0716 e. The van der Waals surface area contributed by atoms with Gasteiger partial charge < -0.3 is 10.3 Å². The maximum Gasteiger partial charge on any atom is 0.0716 e. The first-order valence-electron chi connectivity index (χ1n) is 5.19. The molecule has 2 nitrogen and oxygen atoms in total. The van der Waals surface area contributed by atoms with Crippen molar-refractivity contribution in [3.8, 4) is 0 Å². The molecule has 0 spiro atoms. The van der Waals surface area contributed by atoms with E-state index in [1.54, 1.807) is 11.3 Å². The molecule has 0 aliphatic rings. The minimum Gasteiger partial charge on any atom is -0.397 e. The molecule has 2 heterocycles. The molecule has 16 heavy (non-hydrogen) atoms. The SMILES string of the molecule is Nc1cccc2ccn(Cc3ccsc3)c12. The van der Waals surface area contributed by atoms with E-state index < -0.39 is 0 Å². The van der Waals surface area contributed by atoms with Gasteiger partial charge in [0.2, 0.25) is 0 Å². The van der Waals surface area contributed by atoms with Gasteiger partial charge in [-0.15, -0.1) is 0 Å². The molecule has 2 N–H and O–H groups in total. The number of fused-ring (bicyclic) bond motifs is 1. The molecule has 3 heteroatoms. The zero-order valence-electron chi connectivity index (χ0n) is 8.76. The molecule has 0 saturated carbocycles. The quantitative estimate of drug-likeness (QED) is 0.670. The first-order chi connectivity index (χ1) is 7.84. The Labute approximate surface area is 97.9 Å². The van der Waals surface area contributed by atoms with Gasteiger partial charge in [-0.1, -0.05) is 12.1 Å². The van der Waals surface area contributed by atoms with Gasteiger partial charge in [-0.2, -0.15) is 11.3 Å². The van der Waals surface area contributed by atoms with Crippen LogP contribution < -0.4 is 5.73 Å². The van der Waals surface area contributed by atoms with Crippen LogP contribution in [0, 0.1) is 0 Å². The van der Waals surface area contributed by atoms with Gasteiger partial charge >= 0.3 is 0 Å². The number of hydrogen-bond acceptors (Lipinski definition) is 2. The molecule has 0 amide bonds. The maximum absolute atomic E-state index is 6.01. The van der Waals surface area contributed by atoms with Crippen LogP contribution >= 0.6 is 11.3 Å². The Kier molecular flexibility index (Phi) is 2.18. The van der Waals surface area contributed by atoms with Crippen LogP contribution in [0.4, 0.5) is 5.69 Å². The third kappa shape index (κ3) is 1.49. The summed E-state index contributed by atoms with van der Waals surface area (Å²) in [5.41, 5.74) is 9.32. The van der Waals surface area contributed by atoms with E-state index in [0.29, 0.717) is 0 Å². The molecule has 0 radical (unpaired) electrons. The predicted octanol–water partition coefficient (Wildman–Crippen LogP) is 3.33. The first kappa shape index (κ1) is 9.48. The van der Waals surface area contributed by atoms with Gasteiger partial charge in [-0.25, -0.2) is 0 Å². The number of hydrogen-bond donors (Lipinski definition) is 1. The molecule has 0 aliphatic carbocycles. The van der Waals surface area contributed by atoms with Crippen molar-refractivity contribution in [1.82, 2.24) is 4.57 Å². The maximum atomic E-state index is 6.01. The number of benzene rings is 1. The van der Waals surface area contributed by atoms with Gasteiger partial charge in [0.1, 0.15) is 0 Å². The Morgan fingerprint density at radius 3 is 2.94 bits per heavy atom. The fourth-order valence-corrected chi connectivity index (χ4v) is 2.66. The molecule has 1 aromatic carbocycles. The number of nitrogens with zero attached hydrogens (tertiary/aromatic N) is 1. The van der Waals surface area contributed by atoms with Gasteiger partial charge in [-0.3, -0.25) is 0 Å². The predicted molar refractivity (Wildman–Crippen MR) is 69.8 cm³/mol. The van der Waals surface area contributed by atoms with Crippen molar-refractivity contribution in [3.05, 3.63) is 52.9 Å². The first-order valence-corrected chi connectivity index (χ1v) is 6.13. The highest BCUT2D eigenvalue weighted by Gasteiger charge is 2.04. The zero-order valence-corrected chi connectivity index (χ0v) is 9.58. The second-order valence-corrected chi connectivity index (χ2v) is 4.64.